The van der Waals surface area contributed by atoms with Crippen molar-refractivity contribution < 1.29 is 9.63 Å². The van der Waals surface area contributed by atoms with Gasteiger partial charge in [0.25, 0.3) is 0 Å². The smallest absolute Gasteiger partial charge is 0.137 e. The monoisotopic (exact) mass is 323 g/mol. The minimum Gasteiger partial charge on any atom is -0.391 e. The second-order valence-electron chi connectivity index (χ2n) is 6.69. The van der Waals surface area contributed by atoms with E-state index in [1.54, 1.807) is 0 Å². The van der Waals surface area contributed by atoms with Crippen LogP contribution in [0.2, 0.25) is 0 Å². The highest BCUT2D eigenvalue weighted by Crippen LogP contribution is 2.24. The summed E-state index contributed by atoms with van der Waals surface area (Å²) in [7, 11) is 0. The maximum Gasteiger partial charge on any atom is 0.137 e. The van der Waals surface area contributed by atoms with Crippen molar-refractivity contribution >= 4 is 10.9 Å². The zero-order valence-corrected chi connectivity index (χ0v) is 13.7. The first-order chi connectivity index (χ1) is 11.7. The molecule has 1 aliphatic heterocycles. The Morgan fingerprint density at radius 3 is 3.00 bits per heavy atom. The standard InChI is InChI=1S/C19H21N3O2/c1-13-7-17(24-21-13)9-16-11-22(12-19(16)23)10-14-4-5-18-15(8-14)3-2-6-20-18/h2-8,16,19,23H,9-12H2,1H3/t16-,19+/m1/s1. The third kappa shape index (κ3) is 3.18. The lowest BCUT2D eigenvalue weighted by Crippen LogP contribution is -2.21. The van der Waals surface area contributed by atoms with Gasteiger partial charge < -0.3 is 9.63 Å². The molecule has 5 heteroatoms. The Labute approximate surface area is 140 Å². The molecule has 3 heterocycles. The topological polar surface area (TPSA) is 62.4 Å². The van der Waals surface area contributed by atoms with Crippen LogP contribution in [0.3, 0.4) is 0 Å². The number of hydrogen-bond acceptors (Lipinski definition) is 5. The molecule has 0 spiro atoms. The summed E-state index contributed by atoms with van der Waals surface area (Å²) in [5, 5.41) is 15.4. The molecule has 1 aromatic carbocycles. The number of aliphatic hydroxyl groups excluding tert-OH is 1. The van der Waals surface area contributed by atoms with E-state index in [0.29, 0.717) is 6.54 Å². The molecule has 5 nitrogen and oxygen atoms in total. The zero-order valence-electron chi connectivity index (χ0n) is 13.7. The van der Waals surface area contributed by atoms with Crippen LogP contribution in [0.15, 0.2) is 47.1 Å². The number of hydrogen-bond donors (Lipinski definition) is 1. The quantitative estimate of drug-likeness (QED) is 0.799. The van der Waals surface area contributed by atoms with E-state index < -0.39 is 0 Å². The van der Waals surface area contributed by atoms with E-state index in [1.807, 2.05) is 25.3 Å². The molecule has 0 aliphatic carbocycles. The maximum absolute atomic E-state index is 10.4. The van der Waals surface area contributed by atoms with Gasteiger partial charge >= 0.3 is 0 Å². The molecule has 0 saturated carbocycles. The average molecular weight is 323 g/mol. The highest BCUT2D eigenvalue weighted by molar-refractivity contribution is 5.78. The molecule has 2 atom stereocenters. The van der Waals surface area contributed by atoms with Gasteiger partial charge in [-0.25, -0.2) is 0 Å². The molecule has 2 aromatic heterocycles. The molecular weight excluding hydrogens is 302 g/mol. The molecular formula is C19H21N3O2. The Morgan fingerprint density at radius 2 is 2.17 bits per heavy atom. The Bertz CT molecular complexity index is 845. The molecule has 0 radical (unpaired) electrons. The third-order valence-electron chi connectivity index (χ3n) is 4.70. The molecule has 124 valence electrons. The number of likely N-dealkylation sites (tertiary alicyclic amines) is 1. The van der Waals surface area contributed by atoms with Crippen LogP contribution in [0.5, 0.6) is 0 Å². The van der Waals surface area contributed by atoms with Gasteiger partial charge in [0, 0.05) is 49.6 Å². The van der Waals surface area contributed by atoms with Crippen molar-refractivity contribution in [3.05, 3.63) is 59.6 Å². The van der Waals surface area contributed by atoms with Gasteiger partial charge in [-0.3, -0.25) is 9.88 Å². The number of nitrogens with zero attached hydrogens (tertiary/aromatic N) is 3. The predicted octanol–water partition coefficient (Wildman–Crippen LogP) is 2.57. The average Bonchev–Trinajstić information content (AvgIpc) is 3.13. The molecule has 1 saturated heterocycles. The Balaban J connectivity index is 1.43. The molecule has 0 bridgehead atoms. The van der Waals surface area contributed by atoms with Crippen LogP contribution < -0.4 is 0 Å². The van der Waals surface area contributed by atoms with Crippen LogP contribution in [0, 0.1) is 12.8 Å². The van der Waals surface area contributed by atoms with E-state index in [2.05, 4.69) is 39.3 Å². The second kappa shape index (κ2) is 6.34. The summed E-state index contributed by atoms with van der Waals surface area (Å²) in [6.07, 6.45) is 2.23. The molecule has 0 unspecified atom stereocenters. The number of pyridine rings is 1. The number of aromatic nitrogens is 2. The number of β-amino-alcohol motifs (C(OH)–C–C–N with tert-alkyl or cyclic N) is 1. The van der Waals surface area contributed by atoms with Crippen molar-refractivity contribution in [3.63, 3.8) is 0 Å². The summed E-state index contributed by atoms with van der Waals surface area (Å²) in [6.45, 7) is 4.32. The van der Waals surface area contributed by atoms with Gasteiger partial charge in [-0.15, -0.1) is 0 Å². The molecule has 24 heavy (non-hydrogen) atoms. The number of aliphatic hydroxyl groups is 1. The maximum atomic E-state index is 10.4. The van der Waals surface area contributed by atoms with Crippen LogP contribution in [0.25, 0.3) is 10.9 Å². The summed E-state index contributed by atoms with van der Waals surface area (Å²) >= 11 is 0. The van der Waals surface area contributed by atoms with E-state index in [9.17, 15) is 5.11 Å². The first kappa shape index (κ1) is 15.3. The third-order valence-corrected chi connectivity index (χ3v) is 4.70. The minimum absolute atomic E-state index is 0.194. The van der Waals surface area contributed by atoms with Crippen LogP contribution in [0.1, 0.15) is 17.0 Å². The van der Waals surface area contributed by atoms with E-state index in [-0.39, 0.29) is 12.0 Å². The van der Waals surface area contributed by atoms with Crippen LogP contribution in [-0.4, -0.2) is 39.3 Å². The van der Waals surface area contributed by atoms with Gasteiger partial charge in [0.05, 0.1) is 17.3 Å². The summed E-state index contributed by atoms with van der Waals surface area (Å²) in [5.74, 6) is 1.05. The fraction of sp³-hybridized carbons (Fsp3) is 0.368. The lowest BCUT2D eigenvalue weighted by molar-refractivity contribution is 0.137. The van der Waals surface area contributed by atoms with Crippen LogP contribution >= 0.6 is 0 Å². The largest absolute Gasteiger partial charge is 0.391 e. The van der Waals surface area contributed by atoms with Crippen molar-refractivity contribution in [2.24, 2.45) is 5.92 Å². The number of rotatable bonds is 4. The van der Waals surface area contributed by atoms with Gasteiger partial charge in [0.15, 0.2) is 0 Å². The van der Waals surface area contributed by atoms with E-state index in [4.69, 9.17) is 4.52 Å². The Morgan fingerprint density at radius 1 is 1.25 bits per heavy atom. The second-order valence-corrected chi connectivity index (χ2v) is 6.69. The highest BCUT2D eigenvalue weighted by atomic mass is 16.5. The summed E-state index contributed by atoms with van der Waals surface area (Å²) in [6, 6.07) is 12.4. The van der Waals surface area contributed by atoms with Gasteiger partial charge in [-0.2, -0.15) is 0 Å². The Kier molecular flexibility index (Phi) is 4.04. The first-order valence-corrected chi connectivity index (χ1v) is 8.33. The van der Waals surface area contributed by atoms with Crippen molar-refractivity contribution in [2.45, 2.75) is 26.0 Å². The summed E-state index contributed by atoms with van der Waals surface area (Å²) in [5.41, 5.74) is 3.15. The van der Waals surface area contributed by atoms with E-state index in [0.717, 1.165) is 41.9 Å². The first-order valence-electron chi connectivity index (χ1n) is 8.33. The number of benzene rings is 1. The van der Waals surface area contributed by atoms with Gasteiger partial charge in [-0.1, -0.05) is 17.3 Å². The predicted molar refractivity (Wildman–Crippen MR) is 91.5 cm³/mol. The highest BCUT2D eigenvalue weighted by Gasteiger charge is 2.32. The lowest BCUT2D eigenvalue weighted by Gasteiger charge is -2.15. The fourth-order valence-corrected chi connectivity index (χ4v) is 3.52. The van der Waals surface area contributed by atoms with Crippen molar-refractivity contribution in [2.75, 3.05) is 13.1 Å². The molecule has 0 amide bonds. The summed E-state index contributed by atoms with van der Waals surface area (Å²) in [4.78, 5) is 6.66. The van der Waals surface area contributed by atoms with E-state index in [1.165, 1.54) is 5.56 Å². The van der Waals surface area contributed by atoms with Crippen molar-refractivity contribution in [1.82, 2.24) is 15.0 Å². The fourth-order valence-electron chi connectivity index (χ4n) is 3.52. The van der Waals surface area contributed by atoms with Crippen LogP contribution in [-0.2, 0) is 13.0 Å². The summed E-state index contributed by atoms with van der Waals surface area (Å²) < 4.78 is 5.29. The molecule has 1 aliphatic rings. The lowest BCUT2D eigenvalue weighted by atomic mass is 10.0. The van der Waals surface area contributed by atoms with Gasteiger partial charge in [-0.05, 0) is 30.7 Å². The van der Waals surface area contributed by atoms with Crippen LogP contribution in [0.4, 0.5) is 0 Å². The van der Waals surface area contributed by atoms with Crippen molar-refractivity contribution in [1.29, 1.82) is 0 Å². The number of aryl methyl sites for hydroxylation is 1. The Hall–Kier alpha value is -2.24. The normalized spacial score (nSPS) is 21.6. The van der Waals surface area contributed by atoms with Gasteiger partial charge in [0.2, 0.25) is 0 Å². The SMILES string of the molecule is Cc1cc(C[C@@H]2CN(Cc3ccc4ncccc4c3)C[C@@H]2O)on1. The van der Waals surface area contributed by atoms with E-state index >= 15 is 0 Å². The minimum atomic E-state index is -0.322. The number of fused-ring (bicyclic) bond motifs is 1. The zero-order chi connectivity index (χ0) is 16.5. The van der Waals surface area contributed by atoms with Gasteiger partial charge in [0.1, 0.15) is 5.76 Å². The molecule has 3 aromatic rings. The molecule has 1 fully saturated rings. The molecule has 4 rings (SSSR count). The van der Waals surface area contributed by atoms with Crippen molar-refractivity contribution in [3.8, 4) is 0 Å². The molecule has 1 N–H and O–H groups in total.